The molecule has 12 heteroatoms. The van der Waals surface area contributed by atoms with E-state index in [-0.39, 0.29) is 54.2 Å². The summed E-state index contributed by atoms with van der Waals surface area (Å²) >= 11 is 0. The molecular weight excluding hydrogens is 482 g/mol. The largest absolute Gasteiger partial charge is 0.507 e. The maximum atomic E-state index is 12.9. The Morgan fingerprint density at radius 1 is 1.15 bits per heavy atom. The van der Waals surface area contributed by atoms with Crippen LogP contribution in [-0.2, 0) is 26.0 Å². The molecule has 0 spiro atoms. The lowest BCUT2D eigenvalue weighted by Crippen LogP contribution is -2.49. The second kappa shape index (κ2) is 12.9. The Balaban J connectivity index is 0.00000578. The summed E-state index contributed by atoms with van der Waals surface area (Å²) in [6, 6.07) is 12.2. The molecule has 0 radical (unpaired) electrons. The molecule has 0 aliphatic rings. The Hall–Kier alpha value is -3.15. The molecule has 0 aliphatic heterocycles. The van der Waals surface area contributed by atoms with Crippen LogP contribution in [0.4, 0.5) is 5.69 Å². The number of rotatable bonds is 10. The quantitative estimate of drug-likeness (QED) is 0.237. The van der Waals surface area contributed by atoms with Gasteiger partial charge in [-0.1, -0.05) is 30.3 Å². The van der Waals surface area contributed by atoms with Crippen LogP contribution in [0.15, 0.2) is 48.5 Å². The zero-order valence-electron chi connectivity index (χ0n) is 19.2. The first kappa shape index (κ1) is 28.9. The number of phenolic OH excluding ortho intramolecular Hbond substituents is 1. The number of nitrogens with one attached hydrogen (secondary N) is 4. The van der Waals surface area contributed by atoms with Gasteiger partial charge in [0.1, 0.15) is 17.6 Å². The first-order valence-corrected chi connectivity index (χ1v) is 11.9. The lowest BCUT2D eigenvalue weighted by molar-refractivity contribution is -0.121. The van der Waals surface area contributed by atoms with Crippen molar-refractivity contribution in [2.45, 2.75) is 19.4 Å². The normalized spacial score (nSPS) is 11.6. The molecule has 2 amide bonds. The average Bonchev–Trinajstić information content (AvgIpc) is 2.78. The molecule has 1 atom stereocenters. The average molecular weight is 512 g/mol. The van der Waals surface area contributed by atoms with Crippen molar-refractivity contribution >= 4 is 45.8 Å². The molecular formula is C22H30ClN5O5S. The Bertz CT molecular complexity index is 1110. The molecule has 5 N–H and O–H groups in total. The predicted molar refractivity (Wildman–Crippen MR) is 134 cm³/mol. The van der Waals surface area contributed by atoms with Crippen LogP contribution in [0.1, 0.15) is 18.1 Å². The predicted octanol–water partition coefficient (Wildman–Crippen LogP) is 0.988. The van der Waals surface area contributed by atoms with Gasteiger partial charge in [-0.15, -0.1) is 12.4 Å². The maximum Gasteiger partial charge on any atom is 0.244 e. The summed E-state index contributed by atoms with van der Waals surface area (Å²) in [5, 5.41) is 23.5. The van der Waals surface area contributed by atoms with Gasteiger partial charge >= 0.3 is 0 Å². The van der Waals surface area contributed by atoms with Gasteiger partial charge in [-0.05, 0) is 31.0 Å². The van der Waals surface area contributed by atoms with Crippen molar-refractivity contribution in [1.82, 2.24) is 15.4 Å². The van der Waals surface area contributed by atoms with Crippen LogP contribution in [0, 0.1) is 5.41 Å². The maximum absolute atomic E-state index is 12.9. The van der Waals surface area contributed by atoms with E-state index in [0.29, 0.717) is 5.69 Å². The van der Waals surface area contributed by atoms with E-state index in [4.69, 9.17) is 5.41 Å². The molecule has 2 rings (SSSR count). The number of halogens is 1. The summed E-state index contributed by atoms with van der Waals surface area (Å²) in [7, 11) is -0.497. The molecule has 0 heterocycles. The zero-order chi connectivity index (χ0) is 24.6. The summed E-state index contributed by atoms with van der Waals surface area (Å²) < 4.78 is 26.6. The number of nitrogens with zero attached hydrogens (tertiary/aromatic N) is 1. The van der Waals surface area contributed by atoms with Gasteiger partial charge < -0.3 is 20.6 Å². The molecule has 10 nitrogen and oxygen atoms in total. The number of hydrogen-bond donors (Lipinski definition) is 5. The van der Waals surface area contributed by atoms with E-state index in [9.17, 15) is 23.1 Å². The third kappa shape index (κ3) is 8.32. The number of phenols is 1. The van der Waals surface area contributed by atoms with E-state index in [0.717, 1.165) is 5.56 Å². The van der Waals surface area contributed by atoms with Gasteiger partial charge in [0.2, 0.25) is 21.8 Å². The van der Waals surface area contributed by atoms with Crippen molar-refractivity contribution in [2.24, 2.45) is 0 Å². The van der Waals surface area contributed by atoms with Crippen molar-refractivity contribution in [3.05, 3.63) is 59.7 Å². The summed E-state index contributed by atoms with van der Waals surface area (Å²) in [5.41, 5.74) is 1.34. The monoisotopic (exact) mass is 511 g/mol. The molecule has 0 saturated carbocycles. The van der Waals surface area contributed by atoms with E-state index in [2.05, 4.69) is 15.4 Å². The third-order valence-corrected chi connectivity index (χ3v) is 6.30. The summed E-state index contributed by atoms with van der Waals surface area (Å²) in [6.45, 7) is 1.53. The standard InChI is InChI=1S/C22H29N5O5S.ClH/c1-4-33(31,32)26-18(12-15-8-6-5-7-9-15)22(30)25-21(23)17-11-10-16(13-19(17)28)27(3)14-20(29)24-2;/h5-11,13,18,26,28H,4,12,14H2,1-3H3,(H,24,29)(H2,23,25,30);1H/t18-;/m1./s1. The highest BCUT2D eigenvalue weighted by Gasteiger charge is 2.25. The van der Waals surface area contributed by atoms with Crippen LogP contribution in [0.5, 0.6) is 5.75 Å². The summed E-state index contributed by atoms with van der Waals surface area (Å²) in [6.07, 6.45) is 0.0917. The van der Waals surface area contributed by atoms with Crippen molar-refractivity contribution in [1.29, 1.82) is 5.41 Å². The fourth-order valence-corrected chi connectivity index (χ4v) is 3.76. The molecule has 186 valence electrons. The molecule has 2 aromatic carbocycles. The van der Waals surface area contributed by atoms with Crippen LogP contribution in [-0.4, -0.2) is 63.6 Å². The van der Waals surface area contributed by atoms with Crippen molar-refractivity contribution in [2.75, 3.05) is 31.3 Å². The lowest BCUT2D eigenvalue weighted by Gasteiger charge is -2.20. The number of carbonyl (C=O) groups excluding carboxylic acids is 2. The number of benzene rings is 2. The van der Waals surface area contributed by atoms with Crippen LogP contribution < -0.4 is 20.3 Å². The minimum Gasteiger partial charge on any atom is -0.507 e. The number of anilines is 1. The van der Waals surface area contributed by atoms with E-state index in [1.54, 1.807) is 42.3 Å². The Labute approximate surface area is 205 Å². The first-order chi connectivity index (χ1) is 15.6. The summed E-state index contributed by atoms with van der Waals surface area (Å²) in [5.74, 6) is -1.78. The highest BCUT2D eigenvalue weighted by Crippen LogP contribution is 2.24. The lowest BCUT2D eigenvalue weighted by atomic mass is 10.1. The van der Waals surface area contributed by atoms with Gasteiger partial charge in [0, 0.05) is 25.8 Å². The van der Waals surface area contributed by atoms with Gasteiger partial charge in [-0.2, -0.15) is 0 Å². The summed E-state index contributed by atoms with van der Waals surface area (Å²) in [4.78, 5) is 26.0. The van der Waals surface area contributed by atoms with Crippen molar-refractivity contribution in [3.8, 4) is 5.75 Å². The molecule has 0 unspecified atom stereocenters. The topological polar surface area (TPSA) is 152 Å². The highest BCUT2D eigenvalue weighted by molar-refractivity contribution is 7.89. The number of carbonyl (C=O) groups is 2. The smallest absolute Gasteiger partial charge is 0.244 e. The number of likely N-dealkylation sites (N-methyl/N-ethyl adjacent to an activating group) is 2. The van der Waals surface area contributed by atoms with Gasteiger partial charge in [0.25, 0.3) is 0 Å². The van der Waals surface area contributed by atoms with Crippen LogP contribution in [0.3, 0.4) is 0 Å². The fourth-order valence-electron chi connectivity index (χ4n) is 2.97. The van der Waals surface area contributed by atoms with Crippen LogP contribution in [0.25, 0.3) is 0 Å². The number of aromatic hydroxyl groups is 1. The van der Waals surface area contributed by atoms with E-state index in [1.165, 1.54) is 26.1 Å². The van der Waals surface area contributed by atoms with E-state index < -0.39 is 22.0 Å². The number of amides is 2. The van der Waals surface area contributed by atoms with Crippen molar-refractivity contribution < 1.29 is 23.1 Å². The van der Waals surface area contributed by atoms with Gasteiger partial charge in [-0.25, -0.2) is 13.1 Å². The fraction of sp³-hybridized carbons (Fsp3) is 0.318. The Morgan fingerprint density at radius 2 is 1.79 bits per heavy atom. The minimum atomic E-state index is -3.69. The van der Waals surface area contributed by atoms with Crippen LogP contribution in [0.2, 0.25) is 0 Å². The van der Waals surface area contributed by atoms with Gasteiger partial charge in [0.15, 0.2) is 0 Å². The molecule has 34 heavy (non-hydrogen) atoms. The first-order valence-electron chi connectivity index (χ1n) is 10.2. The molecule has 0 aromatic heterocycles. The second-order valence-electron chi connectivity index (χ2n) is 7.36. The van der Waals surface area contributed by atoms with E-state index in [1.807, 2.05) is 6.07 Å². The number of hydrogen-bond acceptors (Lipinski definition) is 7. The minimum absolute atomic E-state index is 0. The Kier molecular flexibility index (Phi) is 11.0. The van der Waals surface area contributed by atoms with Gasteiger partial charge in [0.05, 0.1) is 17.9 Å². The number of amidine groups is 1. The Morgan fingerprint density at radius 3 is 2.35 bits per heavy atom. The van der Waals surface area contributed by atoms with E-state index >= 15 is 0 Å². The molecule has 0 aliphatic carbocycles. The third-order valence-electron chi connectivity index (χ3n) is 4.90. The number of sulfonamides is 1. The van der Waals surface area contributed by atoms with Gasteiger partial charge in [-0.3, -0.25) is 15.0 Å². The van der Waals surface area contributed by atoms with Crippen LogP contribution >= 0.6 is 12.4 Å². The highest BCUT2D eigenvalue weighted by atomic mass is 35.5. The zero-order valence-corrected chi connectivity index (χ0v) is 20.8. The SMILES string of the molecule is CCS(=O)(=O)N[C@H](Cc1ccccc1)C(=O)NC(=N)c1ccc(N(C)CC(=O)NC)cc1O.Cl. The molecule has 0 saturated heterocycles. The molecule has 0 fully saturated rings. The molecule has 2 aromatic rings. The second-order valence-corrected chi connectivity index (χ2v) is 9.40. The van der Waals surface area contributed by atoms with Crippen molar-refractivity contribution in [3.63, 3.8) is 0 Å². The molecule has 0 bridgehead atoms.